The van der Waals surface area contributed by atoms with Crippen LogP contribution >= 0.6 is 11.8 Å². The summed E-state index contributed by atoms with van der Waals surface area (Å²) in [4.78, 5) is 10.3. The predicted molar refractivity (Wildman–Crippen MR) is 54.0 cm³/mol. The van der Waals surface area contributed by atoms with Crippen LogP contribution in [0.5, 0.6) is 0 Å². The molecule has 0 spiro atoms. The van der Waals surface area contributed by atoms with Gasteiger partial charge >= 0.3 is 5.97 Å². The monoisotopic (exact) mass is 207 g/mol. The second-order valence-corrected chi connectivity index (χ2v) is 3.92. The normalized spacial score (nSPS) is 12.8. The van der Waals surface area contributed by atoms with Crippen LogP contribution in [0.25, 0.3) is 0 Å². The molecule has 78 valence electrons. The quantitative estimate of drug-likeness (QED) is 0.569. The highest BCUT2D eigenvalue weighted by Gasteiger charge is 2.09. The molecule has 0 aromatic heterocycles. The maximum Gasteiger partial charge on any atom is 0.320 e. The second-order valence-electron chi connectivity index (χ2n) is 2.69. The van der Waals surface area contributed by atoms with Gasteiger partial charge in [0.25, 0.3) is 0 Å². The maximum atomic E-state index is 10.3. The van der Waals surface area contributed by atoms with E-state index in [1.54, 1.807) is 18.9 Å². The van der Waals surface area contributed by atoms with Gasteiger partial charge in [0.2, 0.25) is 0 Å². The Morgan fingerprint density at radius 2 is 2.31 bits per heavy atom. The summed E-state index contributed by atoms with van der Waals surface area (Å²) in [5.74, 6) is 0.884. The summed E-state index contributed by atoms with van der Waals surface area (Å²) < 4.78 is 4.88. The van der Waals surface area contributed by atoms with Crippen LogP contribution in [0, 0.1) is 0 Å². The lowest BCUT2D eigenvalue weighted by atomic mass is 10.2. The third-order valence-corrected chi connectivity index (χ3v) is 2.63. The lowest BCUT2D eigenvalue weighted by Crippen LogP contribution is -2.30. The number of ether oxygens (including phenoxy) is 1. The maximum absolute atomic E-state index is 10.3. The Hall–Kier alpha value is -0.260. The highest BCUT2D eigenvalue weighted by Crippen LogP contribution is 2.05. The molecule has 1 unspecified atom stereocenters. The van der Waals surface area contributed by atoms with Gasteiger partial charge in [-0.3, -0.25) is 4.79 Å². The molecule has 0 saturated carbocycles. The Morgan fingerprint density at radius 1 is 1.62 bits per heavy atom. The van der Waals surface area contributed by atoms with E-state index in [1.165, 1.54) is 0 Å². The van der Waals surface area contributed by atoms with Gasteiger partial charge in [-0.2, -0.15) is 11.8 Å². The van der Waals surface area contributed by atoms with Crippen LogP contribution in [0.15, 0.2) is 0 Å². The van der Waals surface area contributed by atoms with Gasteiger partial charge in [-0.15, -0.1) is 0 Å². The van der Waals surface area contributed by atoms with Gasteiger partial charge in [-0.05, 0) is 24.3 Å². The molecule has 0 aliphatic rings. The molecule has 0 rings (SSSR count). The first kappa shape index (κ1) is 12.7. The van der Waals surface area contributed by atoms with E-state index >= 15 is 0 Å². The summed E-state index contributed by atoms with van der Waals surface area (Å²) in [5, 5.41) is 8.47. The first-order valence-electron chi connectivity index (χ1n) is 4.23. The number of hydrogen-bond acceptors (Lipinski definition) is 4. The Bertz CT molecular complexity index is 143. The predicted octanol–water partition coefficient (Wildman–Crippen LogP) is 0.558. The van der Waals surface area contributed by atoms with Gasteiger partial charge < -0.3 is 15.6 Å². The average molecular weight is 207 g/mol. The number of nitrogens with two attached hydrogens (primary N) is 1. The van der Waals surface area contributed by atoms with Crippen molar-refractivity contribution in [2.45, 2.75) is 18.9 Å². The molecule has 0 radical (unpaired) electrons. The van der Waals surface area contributed by atoms with E-state index in [4.69, 9.17) is 15.6 Å². The van der Waals surface area contributed by atoms with Gasteiger partial charge in [0.1, 0.15) is 6.04 Å². The molecule has 0 aliphatic heterocycles. The molecule has 0 fully saturated rings. The van der Waals surface area contributed by atoms with Crippen molar-refractivity contribution in [3.8, 4) is 0 Å². The minimum atomic E-state index is -0.919. The fourth-order valence-corrected chi connectivity index (χ4v) is 1.69. The molecule has 0 aliphatic carbocycles. The van der Waals surface area contributed by atoms with Crippen LogP contribution in [-0.4, -0.2) is 42.3 Å². The van der Waals surface area contributed by atoms with Crippen LogP contribution in [0.4, 0.5) is 0 Å². The third-order valence-electron chi connectivity index (χ3n) is 1.53. The van der Waals surface area contributed by atoms with Gasteiger partial charge in [-0.1, -0.05) is 0 Å². The molecule has 13 heavy (non-hydrogen) atoms. The molecule has 1 atom stereocenters. The number of thioether (sulfide) groups is 1. The molecule has 3 N–H and O–H groups in total. The molecule has 0 aromatic rings. The van der Waals surface area contributed by atoms with E-state index in [1.807, 2.05) is 0 Å². The summed E-state index contributed by atoms with van der Waals surface area (Å²) in [6.07, 6.45) is 1.54. The largest absolute Gasteiger partial charge is 0.480 e. The summed E-state index contributed by atoms with van der Waals surface area (Å²) in [6, 6.07) is -0.713. The number of methoxy groups -OCH3 is 1. The number of aliphatic carboxylic acids is 1. The van der Waals surface area contributed by atoms with Crippen molar-refractivity contribution in [3.05, 3.63) is 0 Å². The van der Waals surface area contributed by atoms with Crippen LogP contribution in [0.2, 0.25) is 0 Å². The summed E-state index contributed by atoms with van der Waals surface area (Å²) in [5.41, 5.74) is 5.32. The van der Waals surface area contributed by atoms with Crippen molar-refractivity contribution < 1.29 is 14.6 Å². The van der Waals surface area contributed by atoms with Crippen LogP contribution in [0.1, 0.15) is 12.8 Å². The van der Waals surface area contributed by atoms with Gasteiger partial charge in [0, 0.05) is 13.7 Å². The third kappa shape index (κ3) is 8.08. The number of hydrogen-bond donors (Lipinski definition) is 2. The molecule has 0 saturated heterocycles. The van der Waals surface area contributed by atoms with E-state index in [2.05, 4.69) is 0 Å². The Morgan fingerprint density at radius 3 is 2.85 bits per heavy atom. The minimum absolute atomic E-state index is 0.535. The number of carboxylic acids is 1. The molecule has 0 heterocycles. The first-order valence-corrected chi connectivity index (χ1v) is 5.39. The molecule has 4 nitrogen and oxygen atoms in total. The standard InChI is InChI=1S/C8H17NO3S/c1-12-4-2-5-13-6-3-7(9)8(10)11/h7H,2-6,9H2,1H3,(H,10,11). The first-order chi connectivity index (χ1) is 6.18. The van der Waals surface area contributed by atoms with E-state index in [0.29, 0.717) is 6.42 Å². The zero-order valence-electron chi connectivity index (χ0n) is 7.86. The van der Waals surface area contributed by atoms with Crippen molar-refractivity contribution in [2.24, 2.45) is 5.73 Å². The number of rotatable bonds is 8. The van der Waals surface area contributed by atoms with Crippen molar-refractivity contribution in [1.82, 2.24) is 0 Å². The SMILES string of the molecule is COCCCSCCC(N)C(=O)O. The molecular formula is C8H17NO3S. The Labute approximate surface area is 82.8 Å². The average Bonchev–Trinajstić information content (AvgIpc) is 2.10. The van der Waals surface area contributed by atoms with Crippen molar-refractivity contribution in [1.29, 1.82) is 0 Å². The molecular weight excluding hydrogens is 190 g/mol. The summed E-state index contributed by atoms with van der Waals surface area (Å²) in [6.45, 7) is 0.762. The summed E-state index contributed by atoms with van der Waals surface area (Å²) in [7, 11) is 1.67. The van der Waals surface area contributed by atoms with E-state index in [-0.39, 0.29) is 0 Å². The Balaban J connectivity index is 3.11. The zero-order valence-corrected chi connectivity index (χ0v) is 8.68. The van der Waals surface area contributed by atoms with Gasteiger partial charge in [-0.25, -0.2) is 0 Å². The van der Waals surface area contributed by atoms with E-state index in [9.17, 15) is 4.79 Å². The molecule has 5 heteroatoms. The highest BCUT2D eigenvalue weighted by molar-refractivity contribution is 7.99. The lowest BCUT2D eigenvalue weighted by Gasteiger charge is -2.05. The second kappa shape index (κ2) is 8.34. The van der Waals surface area contributed by atoms with Gasteiger partial charge in [0.15, 0.2) is 0 Å². The number of carbonyl (C=O) groups is 1. The molecule has 0 amide bonds. The van der Waals surface area contributed by atoms with Crippen LogP contribution in [0.3, 0.4) is 0 Å². The molecule has 0 bridgehead atoms. The van der Waals surface area contributed by atoms with Crippen molar-refractivity contribution >= 4 is 17.7 Å². The summed E-state index contributed by atoms with van der Waals surface area (Å²) >= 11 is 1.72. The van der Waals surface area contributed by atoms with Crippen LogP contribution in [-0.2, 0) is 9.53 Å². The fourth-order valence-electron chi connectivity index (χ4n) is 0.741. The van der Waals surface area contributed by atoms with Crippen molar-refractivity contribution in [3.63, 3.8) is 0 Å². The Kier molecular flexibility index (Phi) is 8.18. The molecule has 0 aromatic carbocycles. The smallest absolute Gasteiger partial charge is 0.320 e. The zero-order chi connectivity index (χ0) is 10.1. The van der Waals surface area contributed by atoms with Crippen LogP contribution < -0.4 is 5.73 Å². The van der Waals surface area contributed by atoms with E-state index < -0.39 is 12.0 Å². The minimum Gasteiger partial charge on any atom is -0.480 e. The number of carboxylic acid groups (broad SMARTS) is 1. The van der Waals surface area contributed by atoms with E-state index in [0.717, 1.165) is 24.5 Å². The van der Waals surface area contributed by atoms with Crippen molar-refractivity contribution in [2.75, 3.05) is 25.2 Å². The highest BCUT2D eigenvalue weighted by atomic mass is 32.2. The lowest BCUT2D eigenvalue weighted by molar-refractivity contribution is -0.138. The fraction of sp³-hybridized carbons (Fsp3) is 0.875. The topological polar surface area (TPSA) is 72.5 Å². The van der Waals surface area contributed by atoms with Gasteiger partial charge in [0.05, 0.1) is 0 Å².